The normalized spacial score (nSPS) is 13.5. The number of para-hydroxylation sites is 1. The summed E-state index contributed by atoms with van der Waals surface area (Å²) in [6, 6.07) is 12.3. The summed E-state index contributed by atoms with van der Waals surface area (Å²) in [6.45, 7) is 3.69. The first-order valence-corrected chi connectivity index (χ1v) is 12.8. The molecule has 10 nitrogen and oxygen atoms in total. The predicted molar refractivity (Wildman–Crippen MR) is 144 cm³/mol. The third kappa shape index (κ3) is 8.79. The smallest absolute Gasteiger partial charge is 0.323 e. The molecule has 38 heavy (non-hydrogen) atoms. The standard InChI is InChI=1S/C28H36N4O6/c1-19-6-3-4-7-22(19)30-28(37)31-23-11-10-21(16-24(23)38-2)17-25(33)29-18-20-12-14-32(15-13-20)26(34)8-5-9-27(35)36/h3-4,6-7,10-11,16,20H,5,8-9,12-15,17-18H2,1-2H3,(H,29,33)(H,35,36)(H2,30,31,37). The van der Waals surface area contributed by atoms with Crippen LogP contribution < -0.4 is 20.7 Å². The Morgan fingerprint density at radius 2 is 1.71 bits per heavy atom. The first-order valence-electron chi connectivity index (χ1n) is 12.8. The molecule has 1 fully saturated rings. The Balaban J connectivity index is 1.42. The van der Waals surface area contributed by atoms with Gasteiger partial charge in [-0.15, -0.1) is 0 Å². The van der Waals surface area contributed by atoms with Crippen LogP contribution in [-0.2, 0) is 20.8 Å². The van der Waals surface area contributed by atoms with Crippen LogP contribution in [0.15, 0.2) is 42.5 Å². The fourth-order valence-corrected chi connectivity index (χ4v) is 4.38. The van der Waals surface area contributed by atoms with Crippen LogP contribution in [0, 0.1) is 12.8 Å². The van der Waals surface area contributed by atoms with Crippen molar-refractivity contribution in [1.29, 1.82) is 0 Å². The highest BCUT2D eigenvalue weighted by Crippen LogP contribution is 2.26. The number of urea groups is 1. The molecular formula is C28H36N4O6. The molecule has 3 rings (SSSR count). The Morgan fingerprint density at radius 3 is 2.39 bits per heavy atom. The number of hydrogen-bond acceptors (Lipinski definition) is 5. The summed E-state index contributed by atoms with van der Waals surface area (Å²) in [5.41, 5.74) is 2.91. The number of hydrogen-bond donors (Lipinski definition) is 4. The van der Waals surface area contributed by atoms with E-state index in [1.165, 1.54) is 7.11 Å². The second-order valence-corrected chi connectivity index (χ2v) is 9.48. The quantitative estimate of drug-likeness (QED) is 0.353. The van der Waals surface area contributed by atoms with E-state index >= 15 is 0 Å². The van der Waals surface area contributed by atoms with Crippen molar-refractivity contribution in [3.05, 3.63) is 53.6 Å². The number of nitrogens with zero attached hydrogens (tertiary/aromatic N) is 1. The summed E-state index contributed by atoms with van der Waals surface area (Å²) in [7, 11) is 1.51. The summed E-state index contributed by atoms with van der Waals surface area (Å²) in [4.78, 5) is 49.6. The summed E-state index contributed by atoms with van der Waals surface area (Å²) < 4.78 is 5.43. The largest absolute Gasteiger partial charge is 0.495 e. The number of carboxylic acid groups (broad SMARTS) is 1. The molecule has 0 radical (unpaired) electrons. The second-order valence-electron chi connectivity index (χ2n) is 9.48. The minimum atomic E-state index is -0.889. The minimum Gasteiger partial charge on any atom is -0.495 e. The van der Waals surface area contributed by atoms with Crippen molar-refractivity contribution in [3.63, 3.8) is 0 Å². The number of benzene rings is 2. The van der Waals surface area contributed by atoms with E-state index in [-0.39, 0.29) is 37.0 Å². The topological polar surface area (TPSA) is 137 Å². The third-order valence-corrected chi connectivity index (χ3v) is 6.61. The zero-order valence-electron chi connectivity index (χ0n) is 21.9. The third-order valence-electron chi connectivity index (χ3n) is 6.61. The fourth-order valence-electron chi connectivity index (χ4n) is 4.38. The van der Waals surface area contributed by atoms with Gasteiger partial charge in [0.1, 0.15) is 5.75 Å². The van der Waals surface area contributed by atoms with E-state index in [9.17, 15) is 19.2 Å². The highest BCUT2D eigenvalue weighted by Gasteiger charge is 2.23. The van der Waals surface area contributed by atoms with Crippen molar-refractivity contribution in [2.45, 2.75) is 45.4 Å². The van der Waals surface area contributed by atoms with E-state index in [4.69, 9.17) is 9.84 Å². The van der Waals surface area contributed by atoms with Gasteiger partial charge in [0, 0.05) is 38.2 Å². The molecule has 204 valence electrons. The number of aliphatic carboxylic acids is 1. The van der Waals surface area contributed by atoms with Gasteiger partial charge in [-0.2, -0.15) is 0 Å². The predicted octanol–water partition coefficient (Wildman–Crippen LogP) is 3.80. The number of anilines is 2. The van der Waals surface area contributed by atoms with Gasteiger partial charge in [-0.1, -0.05) is 24.3 Å². The number of amides is 4. The monoisotopic (exact) mass is 524 g/mol. The lowest BCUT2D eigenvalue weighted by atomic mass is 9.96. The Labute approximate surface area is 222 Å². The molecule has 0 aliphatic carbocycles. The number of ether oxygens (including phenoxy) is 1. The lowest BCUT2D eigenvalue weighted by molar-refractivity contribution is -0.137. The number of piperidine rings is 1. The van der Waals surface area contributed by atoms with Gasteiger partial charge in [-0.3, -0.25) is 14.4 Å². The second kappa shape index (κ2) is 14.0. The van der Waals surface area contributed by atoms with Crippen LogP contribution in [-0.4, -0.2) is 60.6 Å². The van der Waals surface area contributed by atoms with Gasteiger partial charge in [-0.25, -0.2) is 4.79 Å². The maximum Gasteiger partial charge on any atom is 0.323 e. The van der Waals surface area contributed by atoms with Gasteiger partial charge in [-0.05, 0) is 61.4 Å². The number of aryl methyl sites for hydroxylation is 1. The maximum atomic E-state index is 12.6. The first kappa shape index (κ1) is 28.5. The molecule has 4 N–H and O–H groups in total. The summed E-state index contributed by atoms with van der Waals surface area (Å²) in [5, 5.41) is 17.3. The van der Waals surface area contributed by atoms with Crippen molar-refractivity contribution in [1.82, 2.24) is 10.2 Å². The Bertz CT molecular complexity index is 1140. The van der Waals surface area contributed by atoms with Gasteiger partial charge in [0.05, 0.1) is 19.2 Å². The van der Waals surface area contributed by atoms with E-state index in [1.807, 2.05) is 31.2 Å². The maximum absolute atomic E-state index is 12.6. The molecule has 0 bridgehead atoms. The molecule has 0 atom stereocenters. The number of rotatable bonds is 11. The van der Waals surface area contributed by atoms with Gasteiger partial charge in [0.25, 0.3) is 0 Å². The van der Waals surface area contributed by atoms with E-state index in [0.717, 1.165) is 24.0 Å². The van der Waals surface area contributed by atoms with Gasteiger partial charge < -0.3 is 30.7 Å². The average molecular weight is 525 g/mol. The lowest BCUT2D eigenvalue weighted by Gasteiger charge is -2.32. The number of nitrogens with one attached hydrogen (secondary N) is 3. The Kier molecular flexibility index (Phi) is 10.5. The van der Waals surface area contributed by atoms with E-state index in [1.54, 1.807) is 23.1 Å². The number of methoxy groups -OCH3 is 1. The van der Waals surface area contributed by atoms with Gasteiger partial charge in [0.2, 0.25) is 11.8 Å². The molecule has 2 aromatic carbocycles. The molecule has 4 amide bonds. The molecular weight excluding hydrogens is 488 g/mol. The summed E-state index contributed by atoms with van der Waals surface area (Å²) in [6.07, 6.45) is 2.37. The molecule has 10 heteroatoms. The molecule has 1 aliphatic rings. The van der Waals surface area contributed by atoms with Gasteiger partial charge in [0.15, 0.2) is 0 Å². The highest BCUT2D eigenvalue weighted by molar-refractivity contribution is 6.01. The van der Waals surface area contributed by atoms with Crippen LogP contribution in [0.5, 0.6) is 5.75 Å². The Morgan fingerprint density at radius 1 is 1.00 bits per heavy atom. The fraction of sp³-hybridized carbons (Fsp3) is 0.429. The first-order chi connectivity index (χ1) is 18.2. The van der Waals surface area contributed by atoms with E-state index < -0.39 is 12.0 Å². The van der Waals surface area contributed by atoms with Crippen LogP contribution in [0.4, 0.5) is 16.2 Å². The lowest BCUT2D eigenvalue weighted by Crippen LogP contribution is -2.41. The summed E-state index contributed by atoms with van der Waals surface area (Å²) in [5.74, 6) is -0.268. The van der Waals surface area contributed by atoms with E-state index in [2.05, 4.69) is 16.0 Å². The molecule has 1 saturated heterocycles. The van der Waals surface area contributed by atoms with Gasteiger partial charge >= 0.3 is 12.0 Å². The molecule has 2 aromatic rings. The zero-order chi connectivity index (χ0) is 27.5. The summed E-state index contributed by atoms with van der Waals surface area (Å²) >= 11 is 0. The molecule has 1 heterocycles. The molecule has 1 aliphatic heterocycles. The van der Waals surface area contributed by atoms with Crippen molar-refractivity contribution in [2.24, 2.45) is 5.92 Å². The Hall–Kier alpha value is -4.08. The molecule has 0 saturated carbocycles. The molecule has 0 spiro atoms. The van der Waals surface area contributed by atoms with Crippen molar-refractivity contribution in [3.8, 4) is 5.75 Å². The number of carbonyl (C=O) groups excluding carboxylic acids is 3. The number of carbonyl (C=O) groups is 4. The van der Waals surface area contributed by atoms with Crippen LogP contribution in [0.25, 0.3) is 0 Å². The zero-order valence-corrected chi connectivity index (χ0v) is 21.9. The van der Waals surface area contributed by atoms with Crippen molar-refractivity contribution >= 4 is 35.2 Å². The molecule has 0 aromatic heterocycles. The number of carboxylic acids is 1. The van der Waals surface area contributed by atoms with Crippen LogP contribution >= 0.6 is 0 Å². The van der Waals surface area contributed by atoms with Crippen LogP contribution in [0.1, 0.15) is 43.2 Å². The van der Waals surface area contributed by atoms with Crippen LogP contribution in [0.3, 0.4) is 0 Å². The SMILES string of the molecule is COc1cc(CC(=O)NCC2CCN(C(=O)CCCC(=O)O)CC2)ccc1NC(=O)Nc1ccccc1C. The average Bonchev–Trinajstić information content (AvgIpc) is 2.89. The van der Waals surface area contributed by atoms with Crippen LogP contribution in [0.2, 0.25) is 0 Å². The van der Waals surface area contributed by atoms with Crippen molar-refractivity contribution < 1.29 is 29.0 Å². The highest BCUT2D eigenvalue weighted by atomic mass is 16.5. The molecule has 0 unspecified atom stereocenters. The van der Waals surface area contributed by atoms with Crippen molar-refractivity contribution in [2.75, 3.05) is 37.4 Å². The number of likely N-dealkylation sites (tertiary alicyclic amines) is 1. The minimum absolute atomic E-state index is 0.00264. The van der Waals surface area contributed by atoms with E-state index in [0.29, 0.717) is 43.2 Å².